The summed E-state index contributed by atoms with van der Waals surface area (Å²) in [6, 6.07) is 1.98. The van der Waals surface area contributed by atoms with Crippen LogP contribution in [0.15, 0.2) is 63.7 Å². The smallest absolute Gasteiger partial charge is 0.481 e. The number of carboxylic acids is 3. The number of nitrogens with zero attached hydrogens (tertiary/aromatic N) is 4. The van der Waals surface area contributed by atoms with E-state index < -0.39 is 185 Å². The van der Waals surface area contributed by atoms with Crippen LogP contribution in [-0.4, -0.2) is 189 Å². The lowest BCUT2D eigenvalue weighted by Crippen LogP contribution is -2.56. The van der Waals surface area contributed by atoms with Crippen LogP contribution in [-0.2, 0) is 91.4 Å². The number of carboxylic acid groups (broad SMARTS) is 3. The fourth-order valence-corrected chi connectivity index (χ4v) is 18.6. The van der Waals surface area contributed by atoms with Crippen molar-refractivity contribution in [3.63, 3.8) is 0 Å². The number of aromatic nitrogens is 3. The topological polar surface area (TPSA) is 617 Å². The number of carbonyl (C=O) groups excluding carboxylic acids is 4. The quantitative estimate of drug-likeness (QED) is 0.00973. The van der Waals surface area contributed by atoms with Gasteiger partial charge in [-0.1, -0.05) is 73.3 Å². The summed E-state index contributed by atoms with van der Waals surface area (Å²) in [7, 11) is -25.1. The van der Waals surface area contributed by atoms with Gasteiger partial charge < -0.3 is 86.4 Å². The average molecular weight is 1620 g/mol. The largest absolute Gasteiger partial charge is 0.490 e. The number of benzene rings is 3. The molecule has 0 radical (unpaired) electrons. The highest BCUT2D eigenvalue weighted by molar-refractivity contribution is 8.76. The normalized spacial score (nSPS) is 20.3. The summed E-state index contributed by atoms with van der Waals surface area (Å²) in [6.07, 6.45) is -3.94. The zero-order valence-electron chi connectivity index (χ0n) is 56.4. The SMILES string of the molecule is CC1N=c2c(cc3c(c2S(=O)(=O)O)Oc2c(cc4c(c2S(=O)(=O)O)NC(C)C4(C)C)C=3c2ccc(C(=O)NC(CCCSSCCC(=O)NCC#Cc3cn([C@H]4CC(O)[C@@H](COP(=O)(O)OP(=O)(O)OP(=O)(O)O)O4)c4ncnc(N)c34)C(=O)NC(CC(=O)O)C(=O)NC(CC(=O)O)C(=O)O)cc2)C1(C)C. The first kappa shape index (κ1) is 82.1. The molecule has 0 spiro atoms. The number of nitrogen functional groups attached to an aromatic ring is 1. The average Bonchev–Trinajstić information content (AvgIpc) is 1.40. The third-order valence-electron chi connectivity index (χ3n) is 17.8. The van der Waals surface area contributed by atoms with Crippen LogP contribution in [0.25, 0.3) is 16.6 Å². The molecule has 1 saturated heterocycles. The standard InChI is InChI=1S/C60H71N10O29P3S4/c1-27-59(3,4)34-19-32-45(33-20-35-48(66-28(2)60(35,5)6)52(106(92,93)94)50(33)97-49(32)51(47(34)65-27)105(89,90)91)29-11-13-30(14-12-29)55(77)67-36(56(78)68-37(21-43(73)74)57(79)69-38(58(80)81)22-44(75)76)10-8-17-103-104-18-15-41(72)62-16-7-9-31-24-70(54-46(31)53(61)63-26-64-54)42-23-39(71)40(96-42)25-95-101(85,86)99-102(87,88)98-100(82,83)84/h11-14,19-20,24,26-28,36-40,42,65,71H,8,10,15-18,21-23,25H2,1-6H3,(H,62,72)(H,67,77)(H,68,78)(H,69,79)(H,73,74)(H,75,76)(H,80,81)(H,85,86)(H,87,88)(H2,61,63,64)(H2,82,83,84)(H,89,90,91)(H,92,93,94)/t27?,28?,36?,37?,38?,39?,40-,42-/m1/s1. The number of hydrogen-bond donors (Lipinski definition) is 16. The van der Waals surface area contributed by atoms with E-state index in [0.717, 1.165) is 6.33 Å². The number of amides is 4. The van der Waals surface area contributed by atoms with Crippen molar-refractivity contribution in [2.24, 2.45) is 4.99 Å². The van der Waals surface area contributed by atoms with Crippen molar-refractivity contribution in [1.29, 1.82) is 0 Å². The van der Waals surface area contributed by atoms with Gasteiger partial charge in [-0.15, -0.1) is 0 Å². The Labute approximate surface area is 609 Å². The zero-order chi connectivity index (χ0) is 78.3. The van der Waals surface area contributed by atoms with Crippen molar-refractivity contribution < 1.29 is 136 Å². The van der Waals surface area contributed by atoms with Crippen LogP contribution in [0.3, 0.4) is 0 Å². The Morgan fingerprint density at radius 2 is 1.44 bits per heavy atom. The van der Waals surface area contributed by atoms with E-state index in [1.165, 1.54) is 56.6 Å². The summed E-state index contributed by atoms with van der Waals surface area (Å²) in [6.45, 7) is 9.61. The molecule has 4 aliphatic rings. The van der Waals surface area contributed by atoms with Gasteiger partial charge in [0.1, 0.15) is 48.2 Å². The summed E-state index contributed by atoms with van der Waals surface area (Å²) < 4.78 is 137. The van der Waals surface area contributed by atoms with Crippen LogP contribution in [0.1, 0.15) is 124 Å². The molecular weight excluding hydrogens is 1550 g/mol. The fraction of sp³-hybridized carbons (Fsp3) is 0.433. The number of phosphoric ester groups is 1. The molecular formula is C60H71N10O29P3S4. The summed E-state index contributed by atoms with van der Waals surface area (Å²) >= 11 is 0. The minimum atomic E-state index is -5.84. The highest BCUT2D eigenvalue weighted by Gasteiger charge is 2.48. The van der Waals surface area contributed by atoms with Crippen LogP contribution < -0.4 is 47.6 Å². The van der Waals surface area contributed by atoms with Gasteiger partial charge in [0.15, 0.2) is 21.3 Å². The first-order valence-corrected chi connectivity index (χ1v) is 41.4. The van der Waals surface area contributed by atoms with Gasteiger partial charge in [-0.2, -0.15) is 25.5 Å². The number of aliphatic hydroxyl groups is 1. The van der Waals surface area contributed by atoms with Crippen molar-refractivity contribution >= 4 is 135 Å². The molecule has 39 nitrogen and oxygen atoms in total. The van der Waals surface area contributed by atoms with Crippen molar-refractivity contribution in [3.8, 4) is 23.3 Å². The van der Waals surface area contributed by atoms with Gasteiger partial charge >= 0.3 is 41.4 Å². The van der Waals surface area contributed by atoms with E-state index in [0.29, 0.717) is 11.1 Å². The van der Waals surface area contributed by atoms with E-state index in [-0.39, 0.29) is 105 Å². The monoisotopic (exact) mass is 1620 g/mol. The predicted octanol–water partition coefficient (Wildman–Crippen LogP) is 2.06. The molecule has 0 aliphatic carbocycles. The fourth-order valence-electron chi connectivity index (χ4n) is 11.9. The maximum atomic E-state index is 14.4. The molecule has 8 unspecified atom stereocenters. The van der Waals surface area contributed by atoms with E-state index in [9.17, 15) is 103 Å². The Kier molecular flexibility index (Phi) is 24.6. The van der Waals surface area contributed by atoms with Crippen LogP contribution in [0.2, 0.25) is 0 Å². The first-order chi connectivity index (χ1) is 49.2. The molecule has 5 aromatic rings. The second-order valence-corrected chi connectivity index (χ2v) is 35.5. The van der Waals surface area contributed by atoms with Crippen molar-refractivity contribution in [3.05, 3.63) is 92.9 Å². The molecule has 0 saturated carbocycles. The maximum absolute atomic E-state index is 14.4. The first-order valence-electron chi connectivity index (χ1n) is 31.5. The predicted molar refractivity (Wildman–Crippen MR) is 372 cm³/mol. The van der Waals surface area contributed by atoms with Crippen LogP contribution in [0, 0.1) is 11.8 Å². The molecule has 4 amide bonds. The summed E-state index contributed by atoms with van der Waals surface area (Å²) in [5.41, 5.74) is 5.89. The number of rotatable bonds is 31. The Bertz CT molecular complexity index is 5030. The van der Waals surface area contributed by atoms with Crippen LogP contribution >= 0.6 is 45.1 Å². The third-order valence-corrected chi connectivity index (χ3v) is 25.8. The van der Waals surface area contributed by atoms with E-state index in [4.69, 9.17) is 25.0 Å². The lowest BCUT2D eigenvalue weighted by Gasteiger charge is -2.29. The minimum absolute atomic E-state index is 0.0272. The molecule has 3 aromatic carbocycles. The van der Waals surface area contributed by atoms with Gasteiger partial charge in [0, 0.05) is 69.3 Å². The lowest BCUT2D eigenvalue weighted by atomic mass is 9.78. The number of phosphoric acid groups is 3. The Morgan fingerprint density at radius 3 is 2.08 bits per heavy atom. The van der Waals surface area contributed by atoms with E-state index in [1.807, 2.05) is 19.2 Å². The lowest BCUT2D eigenvalue weighted by molar-refractivity contribution is -0.148. The van der Waals surface area contributed by atoms with E-state index in [2.05, 4.69) is 61.2 Å². The Balaban J connectivity index is 0.895. The van der Waals surface area contributed by atoms with Gasteiger partial charge in [-0.3, -0.25) is 47.4 Å². The van der Waals surface area contributed by atoms with Gasteiger partial charge in [0.2, 0.25) is 17.7 Å². The van der Waals surface area contributed by atoms with Crippen molar-refractivity contribution in [2.45, 2.75) is 149 Å². The number of nitrogens with one attached hydrogen (secondary N) is 5. The van der Waals surface area contributed by atoms with Gasteiger partial charge in [-0.05, 0) is 67.6 Å². The molecule has 574 valence electrons. The van der Waals surface area contributed by atoms with Crippen LogP contribution in [0.5, 0.6) is 11.5 Å². The number of anilines is 2. The second kappa shape index (κ2) is 31.7. The molecule has 10 atom stereocenters. The van der Waals surface area contributed by atoms with Crippen molar-refractivity contribution in [1.82, 2.24) is 35.8 Å². The number of fused-ring (bicyclic) bond motifs is 5. The zero-order valence-corrected chi connectivity index (χ0v) is 62.3. The third kappa shape index (κ3) is 18.8. The minimum Gasteiger partial charge on any atom is -0.481 e. The van der Waals surface area contributed by atoms with E-state index in [1.54, 1.807) is 39.8 Å². The molecule has 6 heterocycles. The molecule has 46 heteroatoms. The molecule has 0 bridgehead atoms. The summed E-state index contributed by atoms with van der Waals surface area (Å²) in [5.74, 6) is -3.97. The van der Waals surface area contributed by atoms with E-state index >= 15 is 0 Å². The van der Waals surface area contributed by atoms with Gasteiger partial charge in [0.25, 0.3) is 26.1 Å². The number of carbonyl (C=O) groups is 7. The molecule has 17 N–H and O–H groups in total. The Hall–Kier alpha value is -7.95. The van der Waals surface area contributed by atoms with Crippen molar-refractivity contribution in [2.75, 3.05) is 35.7 Å². The number of ether oxygens (including phenoxy) is 2. The number of aliphatic hydroxyl groups excluding tert-OH is 1. The summed E-state index contributed by atoms with van der Waals surface area (Å²) in [5, 5.41) is 52.0. The number of aliphatic carboxylic acids is 3. The molecule has 9 rings (SSSR count). The highest BCUT2D eigenvalue weighted by atomic mass is 33.1. The van der Waals surface area contributed by atoms with Gasteiger partial charge in [-0.25, -0.2) is 28.5 Å². The van der Waals surface area contributed by atoms with Crippen LogP contribution in [0.4, 0.5) is 11.5 Å². The highest BCUT2D eigenvalue weighted by Crippen LogP contribution is 2.66. The maximum Gasteiger partial charge on any atom is 0.490 e. The number of hydrogen-bond acceptors (Lipinski definition) is 27. The second-order valence-electron chi connectivity index (χ2n) is 25.6. The molecule has 106 heavy (non-hydrogen) atoms. The Morgan fingerprint density at radius 1 is 0.811 bits per heavy atom. The molecule has 2 aromatic heterocycles. The molecule has 1 fully saturated rings. The van der Waals surface area contributed by atoms with Gasteiger partial charge in [0.05, 0.1) is 60.1 Å². The molecule has 4 aliphatic heterocycles. The summed E-state index contributed by atoms with van der Waals surface area (Å²) in [4.78, 5) is 139. The number of nitrogens with two attached hydrogens (primary N) is 1.